The van der Waals surface area contributed by atoms with Crippen molar-refractivity contribution >= 4 is 17.1 Å². The molecule has 9 nitrogen and oxygen atoms in total. The molecule has 0 aliphatic carbocycles. The molecule has 0 bridgehead atoms. The van der Waals surface area contributed by atoms with Gasteiger partial charge in [0.2, 0.25) is 11.8 Å². The monoisotopic (exact) mass is 295 g/mol. The summed E-state index contributed by atoms with van der Waals surface area (Å²) in [6, 6.07) is 0. The molecule has 0 spiro atoms. The number of hydrogen-bond donors (Lipinski definition) is 3. The second-order valence-electron chi connectivity index (χ2n) is 5.01. The maximum atomic E-state index is 10.1. The lowest BCUT2D eigenvalue weighted by Gasteiger charge is -2.17. The highest BCUT2D eigenvalue weighted by atomic mass is 16.5. The van der Waals surface area contributed by atoms with Crippen LogP contribution in [0.3, 0.4) is 0 Å². The molecular formula is C12H17N5O4. The van der Waals surface area contributed by atoms with E-state index in [1.165, 1.54) is 13.4 Å². The van der Waals surface area contributed by atoms with Crippen molar-refractivity contribution in [1.29, 1.82) is 0 Å². The van der Waals surface area contributed by atoms with Crippen molar-refractivity contribution in [3.8, 4) is 5.88 Å². The van der Waals surface area contributed by atoms with Gasteiger partial charge in [0.05, 0.1) is 26.1 Å². The Hall–Kier alpha value is -1.97. The summed E-state index contributed by atoms with van der Waals surface area (Å²) in [6.07, 6.45) is -0.363. The first-order valence-electron chi connectivity index (χ1n) is 6.55. The molecule has 21 heavy (non-hydrogen) atoms. The average molecular weight is 295 g/mol. The molecule has 9 heteroatoms. The van der Waals surface area contributed by atoms with Crippen LogP contribution in [0.5, 0.6) is 5.88 Å². The van der Waals surface area contributed by atoms with Gasteiger partial charge in [-0.15, -0.1) is 0 Å². The van der Waals surface area contributed by atoms with Crippen LogP contribution in [-0.2, 0) is 4.74 Å². The number of ether oxygens (including phenoxy) is 2. The predicted octanol–water partition coefficient (Wildman–Crippen LogP) is -0.696. The van der Waals surface area contributed by atoms with Gasteiger partial charge in [0.1, 0.15) is 12.3 Å². The van der Waals surface area contributed by atoms with Gasteiger partial charge in [-0.2, -0.15) is 9.97 Å². The zero-order valence-electron chi connectivity index (χ0n) is 11.7. The fourth-order valence-electron chi connectivity index (χ4n) is 2.60. The number of methoxy groups -OCH3 is 1. The Kier molecular flexibility index (Phi) is 3.40. The SMILES string of the molecule is COc1nc(N)nc2c1ncn2[C@@H]1O[C@H](CO)[C@@H](O)[C@@H]1C. The van der Waals surface area contributed by atoms with Crippen LogP contribution in [0.15, 0.2) is 6.33 Å². The van der Waals surface area contributed by atoms with Crippen molar-refractivity contribution in [3.63, 3.8) is 0 Å². The van der Waals surface area contributed by atoms with E-state index in [-0.39, 0.29) is 24.4 Å². The molecule has 0 amide bonds. The van der Waals surface area contributed by atoms with E-state index in [4.69, 9.17) is 15.2 Å². The number of aliphatic hydroxyl groups is 2. The quantitative estimate of drug-likeness (QED) is 0.678. The van der Waals surface area contributed by atoms with Crippen molar-refractivity contribution in [1.82, 2.24) is 19.5 Å². The van der Waals surface area contributed by atoms with Gasteiger partial charge in [-0.3, -0.25) is 4.57 Å². The molecule has 0 radical (unpaired) electrons. The first-order chi connectivity index (χ1) is 10.1. The van der Waals surface area contributed by atoms with Crippen LogP contribution in [0.1, 0.15) is 13.2 Å². The molecule has 0 unspecified atom stereocenters. The van der Waals surface area contributed by atoms with E-state index < -0.39 is 18.4 Å². The van der Waals surface area contributed by atoms with Crippen molar-refractivity contribution in [3.05, 3.63) is 6.33 Å². The van der Waals surface area contributed by atoms with E-state index in [2.05, 4.69) is 15.0 Å². The Bertz CT molecular complexity index is 660. The maximum absolute atomic E-state index is 10.1. The van der Waals surface area contributed by atoms with E-state index >= 15 is 0 Å². The molecule has 1 saturated heterocycles. The summed E-state index contributed by atoms with van der Waals surface area (Å²) in [6.45, 7) is 1.58. The number of anilines is 1. The van der Waals surface area contributed by atoms with Crippen molar-refractivity contribution in [2.45, 2.75) is 25.4 Å². The lowest BCUT2D eigenvalue weighted by molar-refractivity contribution is -0.0447. The zero-order chi connectivity index (χ0) is 15.1. The summed E-state index contributed by atoms with van der Waals surface area (Å²) in [5.74, 6) is 0.105. The highest BCUT2D eigenvalue weighted by Gasteiger charge is 2.42. The minimum absolute atomic E-state index is 0.0611. The molecule has 4 atom stereocenters. The van der Waals surface area contributed by atoms with E-state index in [0.29, 0.717) is 11.2 Å². The van der Waals surface area contributed by atoms with Gasteiger partial charge in [0.15, 0.2) is 11.2 Å². The third-order valence-electron chi connectivity index (χ3n) is 3.74. The molecule has 2 aromatic heterocycles. The summed E-state index contributed by atoms with van der Waals surface area (Å²) in [5, 5.41) is 19.3. The van der Waals surface area contributed by atoms with Gasteiger partial charge in [0, 0.05) is 5.92 Å². The standard InChI is InChI=1S/C12H17N5O4/c1-5-8(19)6(3-18)21-11(5)17-4-14-7-9(17)15-12(13)16-10(7)20-2/h4-6,8,11,18-19H,3H2,1-2H3,(H2,13,15,16)/t5-,6+,8-,11+/m0/s1. The van der Waals surface area contributed by atoms with Crippen LogP contribution >= 0.6 is 0 Å². The molecule has 3 heterocycles. The van der Waals surface area contributed by atoms with Gasteiger partial charge in [-0.05, 0) is 0 Å². The van der Waals surface area contributed by atoms with E-state index in [1.54, 1.807) is 4.57 Å². The normalized spacial score (nSPS) is 29.1. The van der Waals surface area contributed by atoms with Crippen LogP contribution < -0.4 is 10.5 Å². The molecule has 3 rings (SSSR count). The Labute approximate surface area is 120 Å². The molecule has 1 aliphatic rings. The largest absolute Gasteiger partial charge is 0.479 e. The van der Waals surface area contributed by atoms with Crippen LogP contribution in [-0.4, -0.2) is 55.7 Å². The number of hydrogen-bond acceptors (Lipinski definition) is 8. The van der Waals surface area contributed by atoms with Gasteiger partial charge in [-0.25, -0.2) is 4.98 Å². The van der Waals surface area contributed by atoms with Gasteiger partial charge >= 0.3 is 0 Å². The third kappa shape index (κ3) is 2.09. The number of nitrogens with zero attached hydrogens (tertiary/aromatic N) is 4. The lowest BCUT2D eigenvalue weighted by atomic mass is 10.0. The van der Waals surface area contributed by atoms with E-state index in [1.807, 2.05) is 6.92 Å². The highest BCUT2D eigenvalue weighted by molar-refractivity contribution is 5.77. The van der Waals surface area contributed by atoms with Crippen molar-refractivity contribution < 1.29 is 19.7 Å². The summed E-state index contributed by atoms with van der Waals surface area (Å²) in [7, 11) is 1.47. The summed E-state index contributed by atoms with van der Waals surface area (Å²) in [4.78, 5) is 12.3. The minimum atomic E-state index is -0.765. The van der Waals surface area contributed by atoms with Gasteiger partial charge in [-0.1, -0.05) is 6.92 Å². The molecule has 2 aromatic rings. The minimum Gasteiger partial charge on any atom is -0.479 e. The Morgan fingerprint density at radius 3 is 2.86 bits per heavy atom. The van der Waals surface area contributed by atoms with Crippen LogP contribution in [0.25, 0.3) is 11.2 Å². The Morgan fingerprint density at radius 1 is 1.48 bits per heavy atom. The number of imidazole rings is 1. The molecule has 4 N–H and O–H groups in total. The Balaban J connectivity index is 2.07. The smallest absolute Gasteiger partial charge is 0.246 e. The predicted molar refractivity (Wildman–Crippen MR) is 72.5 cm³/mol. The molecule has 114 valence electrons. The van der Waals surface area contributed by atoms with E-state index in [9.17, 15) is 10.2 Å². The van der Waals surface area contributed by atoms with Crippen molar-refractivity contribution in [2.24, 2.45) is 5.92 Å². The zero-order valence-corrected chi connectivity index (χ0v) is 11.7. The first kappa shape index (κ1) is 14.0. The fourth-order valence-corrected chi connectivity index (χ4v) is 2.60. The molecule has 0 saturated carbocycles. The van der Waals surface area contributed by atoms with Gasteiger partial charge in [0.25, 0.3) is 0 Å². The topological polar surface area (TPSA) is 129 Å². The number of aliphatic hydroxyl groups excluding tert-OH is 2. The van der Waals surface area contributed by atoms with Crippen molar-refractivity contribution in [2.75, 3.05) is 19.5 Å². The number of nitrogen functional groups attached to an aromatic ring is 1. The first-order valence-corrected chi connectivity index (χ1v) is 6.55. The molecule has 1 fully saturated rings. The summed E-state index contributed by atoms with van der Waals surface area (Å²) >= 11 is 0. The average Bonchev–Trinajstić information content (AvgIpc) is 3.01. The molecule has 1 aliphatic heterocycles. The number of aromatic nitrogens is 4. The second kappa shape index (κ2) is 5.10. The van der Waals surface area contributed by atoms with Gasteiger partial charge < -0.3 is 25.4 Å². The van der Waals surface area contributed by atoms with E-state index in [0.717, 1.165) is 0 Å². The Morgan fingerprint density at radius 2 is 2.24 bits per heavy atom. The number of fused-ring (bicyclic) bond motifs is 1. The third-order valence-corrected chi connectivity index (χ3v) is 3.74. The maximum Gasteiger partial charge on any atom is 0.246 e. The van der Waals surface area contributed by atoms with Crippen LogP contribution in [0.4, 0.5) is 5.95 Å². The second-order valence-corrected chi connectivity index (χ2v) is 5.01. The number of nitrogens with two attached hydrogens (primary N) is 1. The number of rotatable bonds is 3. The molecular weight excluding hydrogens is 278 g/mol. The summed E-state index contributed by atoms with van der Waals surface area (Å²) in [5.41, 5.74) is 6.59. The van der Waals surface area contributed by atoms with Crippen LogP contribution in [0, 0.1) is 5.92 Å². The van der Waals surface area contributed by atoms with Crippen LogP contribution in [0.2, 0.25) is 0 Å². The fraction of sp³-hybridized carbons (Fsp3) is 0.583. The molecule has 0 aromatic carbocycles. The highest BCUT2D eigenvalue weighted by Crippen LogP contribution is 2.36. The summed E-state index contributed by atoms with van der Waals surface area (Å²) < 4.78 is 12.5. The lowest BCUT2D eigenvalue weighted by Crippen LogP contribution is -2.28.